The highest BCUT2D eigenvalue weighted by Gasteiger charge is 2.07. The smallest absolute Gasteiger partial charge is 0.208 e. The average molecular weight is 294 g/mol. The first kappa shape index (κ1) is 11.9. The summed E-state index contributed by atoms with van der Waals surface area (Å²) in [6, 6.07) is 2.10. The Labute approximate surface area is 117 Å². The second kappa shape index (κ2) is 5.21. The van der Waals surface area contributed by atoms with Gasteiger partial charge in [-0.2, -0.15) is 11.3 Å². The summed E-state index contributed by atoms with van der Waals surface area (Å²) < 4.78 is 0. The highest BCUT2D eigenvalue weighted by molar-refractivity contribution is 7.98. The van der Waals surface area contributed by atoms with E-state index in [1.54, 1.807) is 34.4 Å². The highest BCUT2D eigenvalue weighted by Crippen LogP contribution is 2.28. The van der Waals surface area contributed by atoms with Crippen LogP contribution in [0.3, 0.4) is 0 Å². The van der Waals surface area contributed by atoms with Crippen molar-refractivity contribution in [3.63, 3.8) is 0 Å². The van der Waals surface area contributed by atoms with Crippen molar-refractivity contribution in [2.45, 2.75) is 17.8 Å². The Hall–Kier alpha value is -1.18. The predicted molar refractivity (Wildman–Crippen MR) is 76.1 cm³/mol. The standard InChI is InChI=1S/C11H10N4S3/c1-7-12-11(15-14-7)18-6-9-5-17-10(13-9)8-2-3-16-4-8/h2-5H,6H2,1H3,(H,12,14,15). The molecule has 0 aliphatic heterocycles. The molecule has 0 atom stereocenters. The number of aryl methyl sites for hydroxylation is 1. The van der Waals surface area contributed by atoms with E-state index in [-0.39, 0.29) is 0 Å². The van der Waals surface area contributed by atoms with Crippen LogP contribution in [0.1, 0.15) is 11.5 Å². The van der Waals surface area contributed by atoms with E-state index >= 15 is 0 Å². The van der Waals surface area contributed by atoms with Gasteiger partial charge in [-0.05, 0) is 18.4 Å². The third kappa shape index (κ3) is 2.63. The quantitative estimate of drug-likeness (QED) is 0.747. The molecule has 0 bridgehead atoms. The minimum atomic E-state index is 0.776. The molecule has 0 radical (unpaired) electrons. The second-order valence-corrected chi connectivity index (χ2v) is 6.23. The minimum Gasteiger partial charge on any atom is -0.262 e. The van der Waals surface area contributed by atoms with Crippen LogP contribution in [0.2, 0.25) is 0 Å². The molecule has 92 valence electrons. The van der Waals surface area contributed by atoms with E-state index in [1.807, 2.05) is 6.92 Å². The van der Waals surface area contributed by atoms with Crippen LogP contribution in [-0.4, -0.2) is 20.2 Å². The van der Waals surface area contributed by atoms with Gasteiger partial charge in [-0.25, -0.2) is 9.97 Å². The van der Waals surface area contributed by atoms with Crippen LogP contribution < -0.4 is 0 Å². The lowest BCUT2D eigenvalue weighted by atomic mass is 10.4. The van der Waals surface area contributed by atoms with E-state index in [2.05, 4.69) is 42.4 Å². The molecule has 0 aliphatic carbocycles. The fraction of sp³-hybridized carbons (Fsp3) is 0.182. The van der Waals surface area contributed by atoms with Crippen molar-refractivity contribution in [2.75, 3.05) is 0 Å². The topological polar surface area (TPSA) is 54.5 Å². The second-order valence-electron chi connectivity index (χ2n) is 3.65. The largest absolute Gasteiger partial charge is 0.262 e. The van der Waals surface area contributed by atoms with E-state index in [0.717, 1.165) is 27.4 Å². The molecule has 0 fully saturated rings. The van der Waals surface area contributed by atoms with Gasteiger partial charge in [0.2, 0.25) is 5.16 Å². The lowest BCUT2D eigenvalue weighted by molar-refractivity contribution is 0.968. The first-order valence-corrected chi connectivity index (χ1v) is 8.11. The fourth-order valence-corrected chi connectivity index (χ4v) is 3.79. The fourth-order valence-electron chi connectivity index (χ4n) is 1.42. The minimum absolute atomic E-state index is 0.776. The first-order valence-electron chi connectivity index (χ1n) is 5.30. The van der Waals surface area contributed by atoms with Gasteiger partial charge in [0.25, 0.3) is 0 Å². The number of aromatic nitrogens is 4. The number of thiophene rings is 1. The molecular formula is C11H10N4S3. The number of hydrogen-bond acceptors (Lipinski definition) is 6. The Bertz CT molecular complexity index is 626. The lowest BCUT2D eigenvalue weighted by Crippen LogP contribution is -1.82. The summed E-state index contributed by atoms with van der Waals surface area (Å²) in [4.78, 5) is 8.87. The third-order valence-electron chi connectivity index (χ3n) is 2.25. The zero-order valence-electron chi connectivity index (χ0n) is 9.58. The molecule has 3 aromatic heterocycles. The van der Waals surface area contributed by atoms with Crippen LogP contribution >= 0.6 is 34.4 Å². The number of aromatic amines is 1. The normalized spacial score (nSPS) is 10.9. The molecule has 3 rings (SSSR count). The Morgan fingerprint density at radius 1 is 1.33 bits per heavy atom. The maximum Gasteiger partial charge on any atom is 0.208 e. The van der Waals surface area contributed by atoms with E-state index in [0.29, 0.717) is 0 Å². The van der Waals surface area contributed by atoms with Crippen molar-refractivity contribution in [3.05, 3.63) is 33.7 Å². The average Bonchev–Trinajstić information content (AvgIpc) is 3.07. The monoisotopic (exact) mass is 294 g/mol. The van der Waals surface area contributed by atoms with E-state index in [4.69, 9.17) is 0 Å². The Morgan fingerprint density at radius 3 is 3.00 bits per heavy atom. The molecule has 0 unspecified atom stereocenters. The van der Waals surface area contributed by atoms with Gasteiger partial charge in [0.1, 0.15) is 10.8 Å². The molecular weight excluding hydrogens is 284 g/mol. The van der Waals surface area contributed by atoms with Crippen molar-refractivity contribution in [3.8, 4) is 10.6 Å². The SMILES string of the molecule is Cc1nc(SCc2csc(-c3ccsc3)n2)n[nH]1. The van der Waals surface area contributed by atoms with Gasteiger partial charge < -0.3 is 0 Å². The zero-order chi connectivity index (χ0) is 12.4. The highest BCUT2D eigenvalue weighted by atomic mass is 32.2. The van der Waals surface area contributed by atoms with Gasteiger partial charge >= 0.3 is 0 Å². The number of thioether (sulfide) groups is 1. The third-order valence-corrected chi connectivity index (χ3v) is 4.75. The van der Waals surface area contributed by atoms with E-state index in [9.17, 15) is 0 Å². The van der Waals surface area contributed by atoms with Crippen LogP contribution in [0, 0.1) is 6.92 Å². The molecule has 1 N–H and O–H groups in total. The van der Waals surface area contributed by atoms with E-state index < -0.39 is 0 Å². The number of H-pyrrole nitrogens is 1. The number of rotatable bonds is 4. The van der Waals surface area contributed by atoms with Crippen molar-refractivity contribution in [2.24, 2.45) is 0 Å². The van der Waals surface area contributed by atoms with Gasteiger partial charge in [0, 0.05) is 22.1 Å². The van der Waals surface area contributed by atoms with Gasteiger partial charge in [-0.15, -0.1) is 16.4 Å². The molecule has 3 heterocycles. The number of hydrogen-bond donors (Lipinski definition) is 1. The molecule has 18 heavy (non-hydrogen) atoms. The van der Waals surface area contributed by atoms with Crippen molar-refractivity contribution < 1.29 is 0 Å². The molecule has 3 aromatic rings. The van der Waals surface area contributed by atoms with Crippen molar-refractivity contribution >= 4 is 34.4 Å². The number of nitrogens with zero attached hydrogens (tertiary/aromatic N) is 3. The van der Waals surface area contributed by atoms with Crippen LogP contribution in [0.15, 0.2) is 27.4 Å². The van der Waals surface area contributed by atoms with Gasteiger partial charge in [-0.1, -0.05) is 11.8 Å². The molecule has 0 aromatic carbocycles. The molecule has 0 aliphatic rings. The molecule has 0 saturated heterocycles. The Morgan fingerprint density at radius 2 is 2.28 bits per heavy atom. The summed E-state index contributed by atoms with van der Waals surface area (Å²) in [6.45, 7) is 1.90. The van der Waals surface area contributed by atoms with Crippen LogP contribution in [0.4, 0.5) is 0 Å². The van der Waals surface area contributed by atoms with Gasteiger partial charge in [0.15, 0.2) is 0 Å². The van der Waals surface area contributed by atoms with Gasteiger partial charge in [-0.3, -0.25) is 5.10 Å². The summed E-state index contributed by atoms with van der Waals surface area (Å²) in [5.74, 6) is 1.65. The van der Waals surface area contributed by atoms with Crippen molar-refractivity contribution in [1.29, 1.82) is 0 Å². The summed E-state index contributed by atoms with van der Waals surface area (Å²) in [5, 5.41) is 15.1. The number of nitrogens with one attached hydrogen (secondary N) is 1. The molecule has 0 saturated carbocycles. The summed E-state index contributed by atoms with van der Waals surface area (Å²) in [7, 11) is 0. The van der Waals surface area contributed by atoms with Crippen molar-refractivity contribution in [1.82, 2.24) is 20.2 Å². The first-order chi connectivity index (χ1) is 8.81. The summed E-state index contributed by atoms with van der Waals surface area (Å²) in [6.07, 6.45) is 0. The Balaban J connectivity index is 1.67. The molecule has 0 spiro atoms. The maximum atomic E-state index is 4.61. The number of thiazole rings is 1. The predicted octanol–water partition coefficient (Wildman–Crippen LogP) is 3.59. The van der Waals surface area contributed by atoms with Crippen LogP contribution in [0.5, 0.6) is 0 Å². The van der Waals surface area contributed by atoms with Gasteiger partial charge in [0.05, 0.1) is 5.69 Å². The molecule has 4 nitrogen and oxygen atoms in total. The molecule has 7 heteroatoms. The lowest BCUT2D eigenvalue weighted by Gasteiger charge is -1.92. The maximum absolute atomic E-state index is 4.61. The van der Waals surface area contributed by atoms with Crippen LogP contribution in [-0.2, 0) is 5.75 Å². The zero-order valence-corrected chi connectivity index (χ0v) is 12.0. The Kier molecular flexibility index (Phi) is 3.44. The summed E-state index contributed by atoms with van der Waals surface area (Å²) >= 11 is 4.97. The molecule has 0 amide bonds. The van der Waals surface area contributed by atoms with E-state index in [1.165, 1.54) is 5.56 Å². The van der Waals surface area contributed by atoms with Crippen LogP contribution in [0.25, 0.3) is 10.6 Å². The summed E-state index contributed by atoms with van der Waals surface area (Å²) in [5.41, 5.74) is 2.28.